The number of amidine groups is 1. The van der Waals surface area contributed by atoms with Crippen molar-refractivity contribution in [2.24, 2.45) is 4.99 Å². The maximum absolute atomic E-state index is 12.9. The first-order chi connectivity index (χ1) is 19.2. The molecule has 0 spiro atoms. The summed E-state index contributed by atoms with van der Waals surface area (Å²) in [6.45, 7) is 0.247. The molecule has 2 aromatic carbocycles. The first-order valence-corrected chi connectivity index (χ1v) is 12.9. The van der Waals surface area contributed by atoms with E-state index in [9.17, 15) is 19.2 Å². The van der Waals surface area contributed by atoms with Gasteiger partial charge in [-0.3, -0.25) is 24.2 Å². The van der Waals surface area contributed by atoms with E-state index in [2.05, 4.69) is 26.3 Å². The summed E-state index contributed by atoms with van der Waals surface area (Å²) in [5.41, 5.74) is 7.99. The number of carbonyl (C=O) groups is 4. The molecular formula is C27H30N6O6S. The highest BCUT2D eigenvalue weighted by atomic mass is 32.1. The number of likely N-dealkylation sites (N-methyl/N-ethyl adjacent to an activating group) is 1. The van der Waals surface area contributed by atoms with Gasteiger partial charge in [0.15, 0.2) is 12.4 Å². The van der Waals surface area contributed by atoms with Crippen LogP contribution in [0.15, 0.2) is 58.9 Å². The van der Waals surface area contributed by atoms with Crippen LogP contribution in [0.2, 0.25) is 0 Å². The number of aliphatic imine (C=N–C) groups is 1. The van der Waals surface area contributed by atoms with Crippen molar-refractivity contribution in [1.29, 1.82) is 0 Å². The SMILES string of the molecule is CN=C(NC(=O)c1ccsc1C(=O)NCc1ccc(OC)c(N)c1)C(=O)NCc1ccc(OCC(=O)NC)cc1. The minimum atomic E-state index is -0.645. The Hall–Kier alpha value is -4.91. The van der Waals surface area contributed by atoms with Gasteiger partial charge in [-0.15, -0.1) is 11.3 Å². The smallest absolute Gasteiger partial charge is 0.287 e. The lowest BCUT2D eigenvalue weighted by Gasteiger charge is -2.11. The van der Waals surface area contributed by atoms with Crippen molar-refractivity contribution < 1.29 is 28.7 Å². The number of thiophene rings is 1. The number of nitrogens with zero attached hydrogens (tertiary/aromatic N) is 1. The molecule has 0 aliphatic rings. The fourth-order valence-corrected chi connectivity index (χ4v) is 4.21. The van der Waals surface area contributed by atoms with Crippen molar-refractivity contribution in [1.82, 2.24) is 21.3 Å². The Morgan fingerprint density at radius 2 is 1.65 bits per heavy atom. The number of hydrogen-bond acceptors (Lipinski definition) is 9. The molecule has 0 unspecified atom stereocenters. The predicted octanol–water partition coefficient (Wildman–Crippen LogP) is 1.47. The highest BCUT2D eigenvalue weighted by Gasteiger charge is 2.22. The van der Waals surface area contributed by atoms with Gasteiger partial charge < -0.3 is 36.5 Å². The Labute approximate surface area is 235 Å². The molecular weight excluding hydrogens is 536 g/mol. The van der Waals surface area contributed by atoms with Gasteiger partial charge >= 0.3 is 0 Å². The van der Waals surface area contributed by atoms with Crippen molar-refractivity contribution in [3.05, 3.63) is 75.5 Å². The van der Waals surface area contributed by atoms with Crippen LogP contribution in [0.4, 0.5) is 5.69 Å². The Bertz CT molecular complexity index is 1400. The molecule has 0 aliphatic heterocycles. The van der Waals surface area contributed by atoms with Crippen LogP contribution in [0.3, 0.4) is 0 Å². The van der Waals surface area contributed by atoms with Crippen LogP contribution in [0.25, 0.3) is 0 Å². The molecule has 3 aromatic rings. The molecule has 12 nitrogen and oxygen atoms in total. The molecule has 0 saturated carbocycles. The molecule has 3 rings (SSSR count). The van der Waals surface area contributed by atoms with Gasteiger partial charge in [-0.25, -0.2) is 0 Å². The second kappa shape index (κ2) is 14.3. The van der Waals surface area contributed by atoms with Gasteiger partial charge in [0.2, 0.25) is 0 Å². The maximum atomic E-state index is 12.9. The second-order valence-corrected chi connectivity index (χ2v) is 9.15. The van der Waals surface area contributed by atoms with Crippen LogP contribution in [-0.4, -0.2) is 57.3 Å². The number of carbonyl (C=O) groups excluding carboxylic acids is 4. The van der Waals surface area contributed by atoms with Crippen LogP contribution < -0.4 is 36.5 Å². The fraction of sp³-hybridized carbons (Fsp3) is 0.222. The molecule has 40 heavy (non-hydrogen) atoms. The highest BCUT2D eigenvalue weighted by molar-refractivity contribution is 7.12. The number of methoxy groups -OCH3 is 1. The molecule has 0 saturated heterocycles. The van der Waals surface area contributed by atoms with E-state index in [-0.39, 0.29) is 41.9 Å². The van der Waals surface area contributed by atoms with Crippen molar-refractivity contribution in [2.75, 3.05) is 33.5 Å². The third-order valence-electron chi connectivity index (χ3n) is 5.56. The topological polar surface area (TPSA) is 173 Å². The summed E-state index contributed by atoms with van der Waals surface area (Å²) < 4.78 is 10.5. The zero-order valence-electron chi connectivity index (χ0n) is 22.2. The van der Waals surface area contributed by atoms with Crippen LogP contribution in [0.5, 0.6) is 11.5 Å². The van der Waals surface area contributed by atoms with E-state index in [1.165, 1.54) is 27.3 Å². The molecule has 1 heterocycles. The number of rotatable bonds is 10. The van der Waals surface area contributed by atoms with Crippen molar-refractivity contribution >= 4 is 46.5 Å². The molecule has 0 fully saturated rings. The zero-order valence-corrected chi connectivity index (χ0v) is 23.0. The summed E-state index contributed by atoms with van der Waals surface area (Å²) in [5.74, 6) is -1.11. The lowest BCUT2D eigenvalue weighted by atomic mass is 10.2. The normalized spacial score (nSPS) is 10.8. The third-order valence-corrected chi connectivity index (χ3v) is 6.47. The average molecular weight is 567 g/mol. The number of hydrogen-bond donors (Lipinski definition) is 5. The monoisotopic (exact) mass is 566 g/mol. The van der Waals surface area contributed by atoms with E-state index < -0.39 is 17.7 Å². The standard InChI is InChI=1S/C27H30N6O6S/c1-29-22(34)15-39-18-7-4-16(5-8-18)13-32-27(37)24(30-2)33-25(35)19-10-11-40-23(19)26(36)31-14-17-6-9-21(38-3)20(28)12-17/h4-12H,13-15,28H2,1-3H3,(H,29,34)(H,31,36)(H,32,37)(H,30,33,35). The van der Waals surface area contributed by atoms with Crippen LogP contribution in [0.1, 0.15) is 31.2 Å². The molecule has 0 aliphatic carbocycles. The van der Waals surface area contributed by atoms with Crippen LogP contribution >= 0.6 is 11.3 Å². The lowest BCUT2D eigenvalue weighted by molar-refractivity contribution is -0.122. The summed E-state index contributed by atoms with van der Waals surface area (Å²) >= 11 is 1.10. The fourth-order valence-electron chi connectivity index (χ4n) is 3.40. The average Bonchev–Trinajstić information content (AvgIpc) is 3.47. The van der Waals surface area contributed by atoms with Crippen molar-refractivity contribution in [3.8, 4) is 11.5 Å². The lowest BCUT2D eigenvalue weighted by Crippen LogP contribution is -2.43. The number of nitrogens with two attached hydrogens (primary N) is 1. The second-order valence-electron chi connectivity index (χ2n) is 8.24. The van der Waals surface area contributed by atoms with Crippen molar-refractivity contribution in [2.45, 2.75) is 13.1 Å². The van der Waals surface area contributed by atoms with E-state index in [1.54, 1.807) is 47.8 Å². The number of benzene rings is 2. The van der Waals surface area contributed by atoms with Gasteiger partial charge in [-0.2, -0.15) is 0 Å². The number of nitrogen functional groups attached to an aromatic ring is 1. The molecule has 1 aromatic heterocycles. The Morgan fingerprint density at radius 3 is 2.30 bits per heavy atom. The van der Waals surface area contributed by atoms with Gasteiger partial charge in [0.1, 0.15) is 16.4 Å². The number of nitrogens with one attached hydrogen (secondary N) is 4. The zero-order chi connectivity index (χ0) is 29.1. The third kappa shape index (κ3) is 8.04. The highest BCUT2D eigenvalue weighted by Crippen LogP contribution is 2.22. The molecule has 0 atom stereocenters. The quantitative estimate of drug-likeness (QED) is 0.140. The van der Waals surface area contributed by atoms with Crippen molar-refractivity contribution in [3.63, 3.8) is 0 Å². The first-order valence-electron chi connectivity index (χ1n) is 12.0. The summed E-state index contributed by atoms with van der Waals surface area (Å²) in [7, 11) is 4.41. The van der Waals surface area contributed by atoms with Gasteiger partial charge in [-0.05, 0) is 46.8 Å². The molecule has 210 valence electrons. The number of anilines is 1. The van der Waals surface area contributed by atoms with E-state index in [4.69, 9.17) is 15.2 Å². The summed E-state index contributed by atoms with van der Waals surface area (Å²) in [6.07, 6.45) is 0. The van der Waals surface area contributed by atoms with Gasteiger partial charge in [0.05, 0.1) is 18.4 Å². The number of amides is 4. The van der Waals surface area contributed by atoms with Gasteiger partial charge in [-0.1, -0.05) is 18.2 Å². The van der Waals surface area contributed by atoms with Gasteiger partial charge in [0.25, 0.3) is 23.6 Å². The van der Waals surface area contributed by atoms with Gasteiger partial charge in [0, 0.05) is 27.2 Å². The molecule has 0 bridgehead atoms. The van der Waals surface area contributed by atoms with Crippen LogP contribution in [-0.2, 0) is 22.7 Å². The predicted molar refractivity (Wildman–Crippen MR) is 152 cm³/mol. The summed E-state index contributed by atoms with van der Waals surface area (Å²) in [5, 5.41) is 12.0. The Balaban J connectivity index is 1.54. The van der Waals surface area contributed by atoms with E-state index in [1.807, 2.05) is 0 Å². The Kier molecular flexibility index (Phi) is 10.6. The summed E-state index contributed by atoms with van der Waals surface area (Å²) in [6, 6.07) is 13.5. The van der Waals surface area contributed by atoms with E-state index in [0.717, 1.165) is 22.5 Å². The van der Waals surface area contributed by atoms with E-state index >= 15 is 0 Å². The maximum Gasteiger partial charge on any atom is 0.287 e. The Morgan fingerprint density at radius 1 is 0.950 bits per heavy atom. The first kappa shape index (κ1) is 29.6. The molecule has 0 radical (unpaired) electrons. The van der Waals surface area contributed by atoms with E-state index in [0.29, 0.717) is 17.2 Å². The number of ether oxygens (including phenoxy) is 2. The minimum Gasteiger partial charge on any atom is -0.495 e. The van der Waals surface area contributed by atoms with Crippen LogP contribution in [0, 0.1) is 0 Å². The minimum absolute atomic E-state index is 0.103. The summed E-state index contributed by atoms with van der Waals surface area (Å²) in [4.78, 5) is 53.7. The molecule has 6 N–H and O–H groups in total. The largest absolute Gasteiger partial charge is 0.495 e. The molecule has 13 heteroatoms. The molecule has 4 amide bonds.